The molecular weight excluding hydrogens is 286 g/mol. The van der Waals surface area contributed by atoms with E-state index >= 15 is 0 Å². The first-order valence-corrected chi connectivity index (χ1v) is 6.96. The summed E-state index contributed by atoms with van der Waals surface area (Å²) < 4.78 is 1.36. The molecule has 2 heterocycles. The van der Waals surface area contributed by atoms with Gasteiger partial charge in [0.05, 0.1) is 24.3 Å². The van der Waals surface area contributed by atoms with Gasteiger partial charge in [0, 0.05) is 5.92 Å². The number of anilines is 2. The van der Waals surface area contributed by atoms with Crippen LogP contribution in [0.1, 0.15) is 19.3 Å². The summed E-state index contributed by atoms with van der Waals surface area (Å²) in [4.78, 5) is 31.2. The first-order valence-electron chi connectivity index (χ1n) is 6.96. The lowest BCUT2D eigenvalue weighted by Crippen LogP contribution is -2.28. The van der Waals surface area contributed by atoms with Crippen LogP contribution >= 0.6 is 0 Å². The highest BCUT2D eigenvalue weighted by Crippen LogP contribution is 2.27. The van der Waals surface area contributed by atoms with Crippen molar-refractivity contribution in [3.05, 3.63) is 24.9 Å². The minimum absolute atomic E-state index is 0.0127. The van der Waals surface area contributed by atoms with E-state index in [4.69, 9.17) is 0 Å². The Hall–Kier alpha value is -2.84. The second kappa shape index (κ2) is 6.29. The molecule has 1 saturated carbocycles. The van der Waals surface area contributed by atoms with Crippen LogP contribution in [0.5, 0.6) is 0 Å². The molecule has 1 aliphatic rings. The Morgan fingerprint density at radius 1 is 1.23 bits per heavy atom. The van der Waals surface area contributed by atoms with Crippen molar-refractivity contribution in [3.8, 4) is 0 Å². The summed E-state index contributed by atoms with van der Waals surface area (Å²) in [5, 5.41) is 13.0. The third kappa shape index (κ3) is 3.43. The van der Waals surface area contributed by atoms with Gasteiger partial charge >= 0.3 is 0 Å². The van der Waals surface area contributed by atoms with Crippen LogP contribution in [0.2, 0.25) is 0 Å². The molecule has 3 rings (SSSR count). The van der Waals surface area contributed by atoms with Gasteiger partial charge in [-0.15, -0.1) is 5.10 Å². The number of nitrogens with one attached hydrogen (secondary N) is 2. The fourth-order valence-electron chi connectivity index (χ4n) is 2.04. The molecule has 0 unspecified atom stereocenters. The second-order valence-electron chi connectivity index (χ2n) is 5.09. The number of nitrogens with zero attached hydrogens (tertiary/aromatic N) is 5. The molecule has 0 bridgehead atoms. The second-order valence-corrected chi connectivity index (χ2v) is 5.09. The Balaban J connectivity index is 1.52. The maximum atomic E-state index is 11.8. The normalized spacial score (nSPS) is 14.2. The number of carbonyl (C=O) groups excluding carboxylic acids is 2. The van der Waals surface area contributed by atoms with E-state index < -0.39 is 0 Å². The Morgan fingerprint density at radius 2 is 2.00 bits per heavy atom. The number of hydrogen-bond acceptors (Lipinski definition) is 6. The van der Waals surface area contributed by atoms with Crippen molar-refractivity contribution in [3.63, 3.8) is 0 Å². The van der Waals surface area contributed by atoms with Crippen LogP contribution in [-0.4, -0.2) is 36.8 Å². The van der Waals surface area contributed by atoms with Crippen LogP contribution < -0.4 is 10.6 Å². The Kier molecular flexibility index (Phi) is 4.03. The minimum atomic E-state index is -0.281. The van der Waals surface area contributed by atoms with E-state index in [1.807, 2.05) is 0 Å². The van der Waals surface area contributed by atoms with Gasteiger partial charge < -0.3 is 10.6 Å². The molecule has 114 valence electrons. The maximum Gasteiger partial charge on any atom is 0.246 e. The van der Waals surface area contributed by atoms with E-state index in [-0.39, 0.29) is 24.3 Å². The van der Waals surface area contributed by atoms with Crippen molar-refractivity contribution in [2.75, 3.05) is 10.6 Å². The highest BCUT2D eigenvalue weighted by Gasteiger charge is 2.25. The molecule has 0 aliphatic heterocycles. The number of rotatable bonds is 5. The summed E-state index contributed by atoms with van der Waals surface area (Å²) in [6.07, 6.45) is 8.83. The zero-order valence-corrected chi connectivity index (χ0v) is 11.8. The quantitative estimate of drug-likeness (QED) is 0.828. The first kappa shape index (κ1) is 14.1. The Labute approximate surface area is 126 Å². The molecule has 2 aromatic rings. The van der Waals surface area contributed by atoms with Gasteiger partial charge in [-0.05, 0) is 12.8 Å². The molecule has 1 aliphatic carbocycles. The van der Waals surface area contributed by atoms with Gasteiger partial charge in [0.2, 0.25) is 11.8 Å². The van der Waals surface area contributed by atoms with E-state index in [0.29, 0.717) is 11.5 Å². The molecule has 2 aromatic heterocycles. The average molecular weight is 301 g/mol. The van der Waals surface area contributed by atoms with Gasteiger partial charge in [-0.2, -0.15) is 0 Å². The smallest absolute Gasteiger partial charge is 0.246 e. The standard InChI is InChI=1S/C13H15N7O2/c21-12(16-10-4-14-8-15-5-10)7-20-6-11(18-19-20)17-13(22)9-2-1-3-9/h4-6,8-9H,1-3,7H2,(H,16,21)(H,17,22). The Bertz CT molecular complexity index is 666. The minimum Gasteiger partial charge on any atom is -0.322 e. The average Bonchev–Trinajstić information content (AvgIpc) is 2.84. The van der Waals surface area contributed by atoms with Crippen molar-refractivity contribution in [1.29, 1.82) is 0 Å². The molecule has 0 atom stereocenters. The lowest BCUT2D eigenvalue weighted by Gasteiger charge is -2.23. The molecule has 2 N–H and O–H groups in total. The SMILES string of the molecule is O=C(Cn1cc(NC(=O)C2CCC2)nn1)Nc1cncnc1. The molecule has 0 spiro atoms. The van der Waals surface area contributed by atoms with Gasteiger partial charge in [0.25, 0.3) is 0 Å². The predicted octanol–water partition coefficient (Wildman–Crippen LogP) is 0.445. The highest BCUT2D eigenvalue weighted by atomic mass is 16.2. The molecule has 2 amide bonds. The summed E-state index contributed by atoms with van der Waals surface area (Å²) in [6, 6.07) is 0. The molecule has 0 radical (unpaired) electrons. The molecule has 0 saturated heterocycles. The van der Waals surface area contributed by atoms with Gasteiger partial charge in [0.15, 0.2) is 5.82 Å². The first-order chi connectivity index (χ1) is 10.7. The van der Waals surface area contributed by atoms with E-state index in [2.05, 4.69) is 30.9 Å². The third-order valence-electron chi connectivity index (χ3n) is 3.42. The summed E-state index contributed by atoms with van der Waals surface area (Å²) in [7, 11) is 0. The molecule has 9 nitrogen and oxygen atoms in total. The molecular formula is C13H15N7O2. The van der Waals surface area contributed by atoms with E-state index in [0.717, 1.165) is 19.3 Å². The van der Waals surface area contributed by atoms with Crippen molar-refractivity contribution >= 4 is 23.3 Å². The maximum absolute atomic E-state index is 11.8. The van der Waals surface area contributed by atoms with Gasteiger partial charge in [-0.1, -0.05) is 11.6 Å². The van der Waals surface area contributed by atoms with Crippen LogP contribution in [0.4, 0.5) is 11.5 Å². The molecule has 9 heteroatoms. The van der Waals surface area contributed by atoms with Crippen molar-refractivity contribution in [2.24, 2.45) is 5.92 Å². The fourth-order valence-corrected chi connectivity index (χ4v) is 2.04. The van der Waals surface area contributed by atoms with Crippen LogP contribution in [0.15, 0.2) is 24.9 Å². The monoisotopic (exact) mass is 301 g/mol. The number of amides is 2. The van der Waals surface area contributed by atoms with Crippen molar-refractivity contribution < 1.29 is 9.59 Å². The van der Waals surface area contributed by atoms with E-state index in [9.17, 15) is 9.59 Å². The van der Waals surface area contributed by atoms with Crippen molar-refractivity contribution in [2.45, 2.75) is 25.8 Å². The molecule has 0 aromatic carbocycles. The molecule has 1 fully saturated rings. The van der Waals surface area contributed by atoms with Crippen LogP contribution in [0.3, 0.4) is 0 Å². The largest absolute Gasteiger partial charge is 0.322 e. The number of aromatic nitrogens is 5. The lowest BCUT2D eigenvalue weighted by atomic mass is 9.85. The number of hydrogen-bond donors (Lipinski definition) is 2. The predicted molar refractivity (Wildman–Crippen MR) is 76.7 cm³/mol. The number of carbonyl (C=O) groups is 2. The lowest BCUT2D eigenvalue weighted by molar-refractivity contribution is -0.122. The van der Waals surface area contributed by atoms with E-state index in [1.54, 1.807) is 0 Å². The summed E-state index contributed by atoms with van der Waals surface area (Å²) in [6.45, 7) is -0.0127. The summed E-state index contributed by atoms with van der Waals surface area (Å²) in [5.74, 6) is 0.111. The van der Waals surface area contributed by atoms with Crippen LogP contribution in [0, 0.1) is 5.92 Å². The molecule has 22 heavy (non-hydrogen) atoms. The van der Waals surface area contributed by atoms with Gasteiger partial charge in [0.1, 0.15) is 12.9 Å². The Morgan fingerprint density at radius 3 is 2.68 bits per heavy atom. The van der Waals surface area contributed by atoms with E-state index in [1.165, 1.54) is 29.6 Å². The summed E-state index contributed by atoms with van der Waals surface area (Å²) in [5.41, 5.74) is 0.506. The zero-order valence-electron chi connectivity index (χ0n) is 11.8. The van der Waals surface area contributed by atoms with Crippen LogP contribution in [0.25, 0.3) is 0 Å². The third-order valence-corrected chi connectivity index (χ3v) is 3.42. The fraction of sp³-hybridized carbons (Fsp3) is 0.385. The topological polar surface area (TPSA) is 115 Å². The van der Waals surface area contributed by atoms with Gasteiger partial charge in [-0.25, -0.2) is 14.6 Å². The van der Waals surface area contributed by atoms with Gasteiger partial charge in [-0.3, -0.25) is 9.59 Å². The highest BCUT2D eigenvalue weighted by molar-refractivity contribution is 5.92. The van der Waals surface area contributed by atoms with Crippen molar-refractivity contribution in [1.82, 2.24) is 25.0 Å². The summed E-state index contributed by atoms with van der Waals surface area (Å²) >= 11 is 0. The van der Waals surface area contributed by atoms with Crippen LogP contribution in [-0.2, 0) is 16.1 Å². The zero-order chi connectivity index (χ0) is 15.4.